The number of hydrogen-bond acceptors (Lipinski definition) is 3. The standard InChI is InChI=1S/C7H15NO3/c1-3-6(4-2)10-5-11-7(8)9/h6H,3-5H2,1-2H3,(H2,8,9). The molecule has 0 spiro atoms. The topological polar surface area (TPSA) is 61.6 Å². The van der Waals surface area contributed by atoms with Gasteiger partial charge in [0.25, 0.3) is 0 Å². The van der Waals surface area contributed by atoms with E-state index >= 15 is 0 Å². The van der Waals surface area contributed by atoms with E-state index in [-0.39, 0.29) is 12.9 Å². The van der Waals surface area contributed by atoms with Crippen molar-refractivity contribution in [2.45, 2.75) is 32.8 Å². The molecule has 2 N–H and O–H groups in total. The van der Waals surface area contributed by atoms with E-state index in [1.807, 2.05) is 13.8 Å². The fourth-order valence-corrected chi connectivity index (χ4v) is 0.713. The van der Waals surface area contributed by atoms with Crippen LogP contribution < -0.4 is 5.73 Å². The average molecular weight is 161 g/mol. The van der Waals surface area contributed by atoms with Crippen molar-refractivity contribution in [3.63, 3.8) is 0 Å². The van der Waals surface area contributed by atoms with E-state index in [0.29, 0.717) is 0 Å². The molecule has 1 amide bonds. The average Bonchev–Trinajstić information content (AvgIpc) is 1.98. The van der Waals surface area contributed by atoms with Crippen LogP contribution in [0.25, 0.3) is 0 Å². The van der Waals surface area contributed by atoms with Gasteiger partial charge in [0, 0.05) is 0 Å². The lowest BCUT2D eigenvalue weighted by atomic mass is 10.2. The summed E-state index contributed by atoms with van der Waals surface area (Å²) in [6, 6.07) is 0. The van der Waals surface area contributed by atoms with Crippen molar-refractivity contribution < 1.29 is 14.3 Å². The summed E-state index contributed by atoms with van der Waals surface area (Å²) in [4.78, 5) is 10.1. The largest absolute Gasteiger partial charge is 0.422 e. The lowest BCUT2D eigenvalue weighted by Crippen LogP contribution is -2.19. The van der Waals surface area contributed by atoms with E-state index in [0.717, 1.165) is 12.8 Å². The van der Waals surface area contributed by atoms with Crippen molar-refractivity contribution in [1.82, 2.24) is 0 Å². The lowest BCUT2D eigenvalue weighted by molar-refractivity contribution is -0.0568. The van der Waals surface area contributed by atoms with E-state index in [2.05, 4.69) is 4.74 Å². The lowest BCUT2D eigenvalue weighted by Gasteiger charge is -2.12. The molecule has 0 bridgehead atoms. The molecular formula is C7H15NO3. The molecule has 11 heavy (non-hydrogen) atoms. The quantitative estimate of drug-likeness (QED) is 0.617. The van der Waals surface area contributed by atoms with Gasteiger partial charge in [-0.15, -0.1) is 0 Å². The molecule has 4 heteroatoms. The molecule has 0 atom stereocenters. The molecule has 0 fully saturated rings. The van der Waals surface area contributed by atoms with Crippen LogP contribution >= 0.6 is 0 Å². The molecule has 0 rings (SSSR count). The van der Waals surface area contributed by atoms with Gasteiger partial charge in [-0.05, 0) is 12.8 Å². The Morgan fingerprint density at radius 2 is 2.00 bits per heavy atom. The number of rotatable bonds is 5. The third kappa shape index (κ3) is 5.66. The van der Waals surface area contributed by atoms with Crippen molar-refractivity contribution in [3.05, 3.63) is 0 Å². The van der Waals surface area contributed by atoms with E-state index < -0.39 is 6.09 Å². The van der Waals surface area contributed by atoms with Crippen LogP contribution in [-0.2, 0) is 9.47 Å². The molecule has 0 saturated carbocycles. The van der Waals surface area contributed by atoms with Gasteiger partial charge in [0.1, 0.15) is 0 Å². The molecule has 0 aliphatic rings. The van der Waals surface area contributed by atoms with Gasteiger partial charge >= 0.3 is 6.09 Å². The highest BCUT2D eigenvalue weighted by Crippen LogP contribution is 2.01. The predicted octanol–water partition coefficient (Wildman–Crippen LogP) is 1.24. The van der Waals surface area contributed by atoms with Gasteiger partial charge < -0.3 is 15.2 Å². The summed E-state index contributed by atoms with van der Waals surface area (Å²) in [5.41, 5.74) is 4.72. The summed E-state index contributed by atoms with van der Waals surface area (Å²) in [7, 11) is 0. The van der Waals surface area contributed by atoms with E-state index in [9.17, 15) is 4.79 Å². The summed E-state index contributed by atoms with van der Waals surface area (Å²) in [6.07, 6.45) is 1.20. The fourth-order valence-electron chi connectivity index (χ4n) is 0.713. The van der Waals surface area contributed by atoms with Gasteiger partial charge in [0.15, 0.2) is 6.79 Å². The minimum absolute atomic E-state index is 0.0400. The maximum Gasteiger partial charge on any atom is 0.406 e. The maximum atomic E-state index is 10.1. The Labute approximate surface area is 66.7 Å². The summed E-state index contributed by atoms with van der Waals surface area (Å²) >= 11 is 0. The first-order valence-electron chi connectivity index (χ1n) is 3.74. The van der Waals surface area contributed by atoms with Crippen LogP contribution in [-0.4, -0.2) is 19.0 Å². The van der Waals surface area contributed by atoms with E-state index in [1.54, 1.807) is 0 Å². The second kappa shape index (κ2) is 5.97. The molecule has 0 aromatic heterocycles. The van der Waals surface area contributed by atoms with Crippen LogP contribution in [0.3, 0.4) is 0 Å². The second-order valence-electron chi connectivity index (χ2n) is 2.19. The van der Waals surface area contributed by atoms with Crippen LogP contribution in [0.15, 0.2) is 0 Å². The Morgan fingerprint density at radius 1 is 1.45 bits per heavy atom. The molecule has 66 valence electrons. The number of carbonyl (C=O) groups excluding carboxylic acids is 1. The zero-order valence-electron chi connectivity index (χ0n) is 7.00. The molecule has 0 radical (unpaired) electrons. The molecule has 0 heterocycles. The Hall–Kier alpha value is -0.770. The summed E-state index contributed by atoms with van der Waals surface area (Å²) in [5, 5.41) is 0. The van der Waals surface area contributed by atoms with Gasteiger partial charge in [-0.2, -0.15) is 0 Å². The summed E-state index contributed by atoms with van der Waals surface area (Å²) in [5.74, 6) is 0. The Morgan fingerprint density at radius 3 is 2.36 bits per heavy atom. The number of ether oxygens (including phenoxy) is 2. The van der Waals surface area contributed by atoms with Gasteiger partial charge in [-0.3, -0.25) is 0 Å². The highest BCUT2D eigenvalue weighted by atomic mass is 16.7. The number of primary amides is 1. The van der Waals surface area contributed by atoms with Gasteiger partial charge in [-0.25, -0.2) is 4.79 Å². The van der Waals surface area contributed by atoms with E-state index in [1.165, 1.54) is 0 Å². The van der Waals surface area contributed by atoms with Crippen LogP contribution in [0.1, 0.15) is 26.7 Å². The monoisotopic (exact) mass is 161 g/mol. The molecule has 0 unspecified atom stereocenters. The number of amides is 1. The highest BCUT2D eigenvalue weighted by molar-refractivity contribution is 5.64. The predicted molar refractivity (Wildman–Crippen MR) is 41.0 cm³/mol. The minimum atomic E-state index is -0.795. The SMILES string of the molecule is CCC(CC)OCOC(N)=O. The molecule has 0 aliphatic carbocycles. The Balaban J connectivity index is 3.28. The zero-order valence-corrected chi connectivity index (χ0v) is 7.00. The van der Waals surface area contributed by atoms with Crippen molar-refractivity contribution in [3.8, 4) is 0 Å². The molecule has 0 saturated heterocycles. The second-order valence-corrected chi connectivity index (χ2v) is 2.19. The Bertz CT molecular complexity index is 112. The van der Waals surface area contributed by atoms with Crippen LogP contribution in [0.2, 0.25) is 0 Å². The third-order valence-electron chi connectivity index (χ3n) is 1.42. The first-order chi connectivity index (χ1) is 5.20. The van der Waals surface area contributed by atoms with Crippen LogP contribution in [0, 0.1) is 0 Å². The summed E-state index contributed by atoms with van der Waals surface area (Å²) < 4.78 is 9.52. The third-order valence-corrected chi connectivity index (χ3v) is 1.42. The van der Waals surface area contributed by atoms with E-state index in [4.69, 9.17) is 10.5 Å². The van der Waals surface area contributed by atoms with Crippen molar-refractivity contribution in [2.24, 2.45) is 5.73 Å². The van der Waals surface area contributed by atoms with Gasteiger partial charge in [0.2, 0.25) is 0 Å². The van der Waals surface area contributed by atoms with Crippen LogP contribution in [0.5, 0.6) is 0 Å². The Kier molecular flexibility index (Phi) is 5.56. The van der Waals surface area contributed by atoms with Crippen molar-refractivity contribution in [1.29, 1.82) is 0 Å². The van der Waals surface area contributed by atoms with Gasteiger partial charge in [-0.1, -0.05) is 13.8 Å². The first kappa shape index (κ1) is 10.2. The molecule has 0 aromatic carbocycles. The summed E-state index contributed by atoms with van der Waals surface area (Å²) in [6.45, 7) is 3.98. The molecule has 0 aromatic rings. The maximum absolute atomic E-state index is 10.1. The smallest absolute Gasteiger partial charge is 0.406 e. The van der Waals surface area contributed by atoms with Crippen LogP contribution in [0.4, 0.5) is 4.79 Å². The first-order valence-corrected chi connectivity index (χ1v) is 3.74. The molecule has 0 aliphatic heterocycles. The minimum Gasteiger partial charge on any atom is -0.422 e. The number of carbonyl (C=O) groups is 1. The number of hydrogen-bond donors (Lipinski definition) is 1. The highest BCUT2D eigenvalue weighted by Gasteiger charge is 2.03. The van der Waals surface area contributed by atoms with Gasteiger partial charge in [0.05, 0.1) is 6.10 Å². The normalized spacial score (nSPS) is 10.1. The number of nitrogens with two attached hydrogens (primary N) is 1. The van der Waals surface area contributed by atoms with Crippen molar-refractivity contribution >= 4 is 6.09 Å². The fraction of sp³-hybridized carbons (Fsp3) is 0.857. The van der Waals surface area contributed by atoms with Crippen molar-refractivity contribution in [2.75, 3.05) is 6.79 Å². The molecule has 4 nitrogen and oxygen atoms in total. The zero-order chi connectivity index (χ0) is 8.69. The molecular weight excluding hydrogens is 146 g/mol.